The van der Waals surface area contributed by atoms with Crippen LogP contribution in [0.5, 0.6) is 0 Å². The van der Waals surface area contributed by atoms with Crippen LogP contribution in [0.1, 0.15) is 21.6 Å². The van der Waals surface area contributed by atoms with E-state index in [0.717, 1.165) is 11.3 Å². The minimum Gasteiger partial charge on any atom is -0.478 e. The molecule has 0 fully saturated rings. The number of aryl methyl sites for hydroxylation is 1. The second-order valence-electron chi connectivity index (χ2n) is 4.27. The lowest BCUT2D eigenvalue weighted by Crippen LogP contribution is -2.18. The highest BCUT2D eigenvalue weighted by Gasteiger charge is 2.08. The SMILES string of the molecule is Cn1cc(CNCCc2ccccc2C(=O)O)nn1. The summed E-state index contributed by atoms with van der Waals surface area (Å²) in [6.07, 6.45) is 2.51. The third kappa shape index (κ3) is 3.62. The van der Waals surface area contributed by atoms with Gasteiger partial charge in [-0.15, -0.1) is 5.10 Å². The van der Waals surface area contributed by atoms with Gasteiger partial charge in [0.1, 0.15) is 0 Å². The van der Waals surface area contributed by atoms with Gasteiger partial charge in [-0.25, -0.2) is 4.79 Å². The summed E-state index contributed by atoms with van der Waals surface area (Å²) in [5.41, 5.74) is 2.07. The normalized spacial score (nSPS) is 10.6. The third-order valence-electron chi connectivity index (χ3n) is 2.78. The lowest BCUT2D eigenvalue weighted by molar-refractivity contribution is 0.0695. The molecule has 0 saturated heterocycles. The summed E-state index contributed by atoms with van der Waals surface area (Å²) in [5.74, 6) is -0.885. The summed E-state index contributed by atoms with van der Waals surface area (Å²) in [6, 6.07) is 7.05. The van der Waals surface area contributed by atoms with E-state index < -0.39 is 5.97 Å². The fourth-order valence-electron chi connectivity index (χ4n) is 1.86. The number of hydrogen-bond acceptors (Lipinski definition) is 4. The average molecular weight is 260 g/mol. The molecule has 1 aromatic heterocycles. The molecule has 100 valence electrons. The highest BCUT2D eigenvalue weighted by atomic mass is 16.4. The number of nitrogens with one attached hydrogen (secondary N) is 1. The zero-order chi connectivity index (χ0) is 13.7. The van der Waals surface area contributed by atoms with Crippen molar-refractivity contribution in [3.05, 3.63) is 47.3 Å². The van der Waals surface area contributed by atoms with Crippen molar-refractivity contribution in [2.24, 2.45) is 7.05 Å². The molecular weight excluding hydrogens is 244 g/mol. The predicted molar refractivity (Wildman–Crippen MR) is 69.8 cm³/mol. The van der Waals surface area contributed by atoms with Crippen LogP contribution < -0.4 is 5.32 Å². The van der Waals surface area contributed by atoms with Crippen LogP contribution in [-0.4, -0.2) is 32.6 Å². The van der Waals surface area contributed by atoms with Crippen molar-refractivity contribution in [1.82, 2.24) is 20.3 Å². The maximum atomic E-state index is 11.0. The summed E-state index contributed by atoms with van der Waals surface area (Å²) in [5, 5.41) is 20.1. The summed E-state index contributed by atoms with van der Waals surface area (Å²) in [4.78, 5) is 11.0. The first-order valence-electron chi connectivity index (χ1n) is 6.04. The Morgan fingerprint density at radius 3 is 2.89 bits per heavy atom. The van der Waals surface area contributed by atoms with Crippen molar-refractivity contribution in [2.45, 2.75) is 13.0 Å². The van der Waals surface area contributed by atoms with E-state index in [1.54, 1.807) is 16.8 Å². The summed E-state index contributed by atoms with van der Waals surface area (Å²) < 4.78 is 1.65. The van der Waals surface area contributed by atoms with Crippen molar-refractivity contribution < 1.29 is 9.90 Å². The number of benzene rings is 1. The second-order valence-corrected chi connectivity index (χ2v) is 4.27. The molecule has 0 spiro atoms. The van der Waals surface area contributed by atoms with Gasteiger partial charge in [-0.1, -0.05) is 23.4 Å². The molecule has 1 aromatic carbocycles. The quantitative estimate of drug-likeness (QED) is 0.752. The molecule has 0 aliphatic carbocycles. The minimum atomic E-state index is -0.885. The van der Waals surface area contributed by atoms with E-state index in [1.165, 1.54) is 0 Å². The first-order valence-corrected chi connectivity index (χ1v) is 6.04. The summed E-state index contributed by atoms with van der Waals surface area (Å²) in [6.45, 7) is 1.32. The Morgan fingerprint density at radius 1 is 1.42 bits per heavy atom. The van der Waals surface area contributed by atoms with Gasteiger partial charge in [0.05, 0.1) is 11.3 Å². The Labute approximate surface area is 111 Å². The maximum Gasteiger partial charge on any atom is 0.335 e. The summed E-state index contributed by atoms with van der Waals surface area (Å²) in [7, 11) is 1.82. The van der Waals surface area contributed by atoms with Gasteiger partial charge in [0.15, 0.2) is 0 Å². The Bertz CT molecular complexity index is 565. The van der Waals surface area contributed by atoms with Crippen LogP contribution in [0.3, 0.4) is 0 Å². The number of aromatic carboxylic acids is 1. The molecule has 0 unspecified atom stereocenters. The van der Waals surface area contributed by atoms with E-state index in [4.69, 9.17) is 5.11 Å². The molecule has 6 heteroatoms. The van der Waals surface area contributed by atoms with E-state index in [2.05, 4.69) is 15.6 Å². The van der Waals surface area contributed by atoms with Gasteiger partial charge >= 0.3 is 5.97 Å². The molecule has 19 heavy (non-hydrogen) atoms. The topological polar surface area (TPSA) is 80.0 Å². The fourth-order valence-corrected chi connectivity index (χ4v) is 1.86. The van der Waals surface area contributed by atoms with Crippen LogP contribution in [0.15, 0.2) is 30.5 Å². The average Bonchev–Trinajstić information content (AvgIpc) is 2.81. The number of rotatable bonds is 6. The molecule has 0 atom stereocenters. The molecular formula is C13H16N4O2. The molecule has 2 rings (SSSR count). The smallest absolute Gasteiger partial charge is 0.335 e. The van der Waals surface area contributed by atoms with Crippen molar-refractivity contribution in [2.75, 3.05) is 6.54 Å². The van der Waals surface area contributed by atoms with Crippen LogP contribution in [0.4, 0.5) is 0 Å². The highest BCUT2D eigenvalue weighted by Crippen LogP contribution is 2.09. The molecule has 6 nitrogen and oxygen atoms in total. The van der Waals surface area contributed by atoms with E-state index in [9.17, 15) is 4.79 Å². The van der Waals surface area contributed by atoms with Gasteiger partial charge < -0.3 is 10.4 Å². The molecule has 2 N–H and O–H groups in total. The second kappa shape index (κ2) is 6.10. The first-order chi connectivity index (χ1) is 9.16. The number of carbonyl (C=O) groups is 1. The van der Waals surface area contributed by atoms with Crippen LogP contribution in [0.2, 0.25) is 0 Å². The van der Waals surface area contributed by atoms with Crippen molar-refractivity contribution >= 4 is 5.97 Å². The predicted octanol–water partition coefficient (Wildman–Crippen LogP) is 0.846. The Morgan fingerprint density at radius 2 is 2.21 bits per heavy atom. The monoisotopic (exact) mass is 260 g/mol. The van der Waals surface area contributed by atoms with E-state index in [1.807, 2.05) is 25.4 Å². The molecule has 0 aliphatic rings. The van der Waals surface area contributed by atoms with Gasteiger partial charge in [-0.3, -0.25) is 4.68 Å². The van der Waals surface area contributed by atoms with Gasteiger partial charge in [0, 0.05) is 19.8 Å². The number of carboxylic acids is 1. The van der Waals surface area contributed by atoms with Crippen molar-refractivity contribution in [1.29, 1.82) is 0 Å². The standard InChI is InChI=1S/C13H16N4O2/c1-17-9-11(15-16-17)8-14-7-6-10-4-2-3-5-12(10)13(18)19/h2-5,9,14H,6-8H2,1H3,(H,18,19). The lowest BCUT2D eigenvalue weighted by Gasteiger charge is -2.06. The number of nitrogens with zero attached hydrogens (tertiary/aromatic N) is 3. The molecule has 2 aromatic rings. The number of aromatic nitrogens is 3. The van der Waals surface area contributed by atoms with Crippen LogP contribution >= 0.6 is 0 Å². The maximum absolute atomic E-state index is 11.0. The highest BCUT2D eigenvalue weighted by molar-refractivity contribution is 5.89. The molecule has 0 aliphatic heterocycles. The van der Waals surface area contributed by atoms with Gasteiger partial charge in [0.2, 0.25) is 0 Å². The van der Waals surface area contributed by atoms with Gasteiger partial charge in [-0.2, -0.15) is 0 Å². The van der Waals surface area contributed by atoms with E-state index >= 15 is 0 Å². The van der Waals surface area contributed by atoms with Crippen LogP contribution in [0, 0.1) is 0 Å². The van der Waals surface area contributed by atoms with Gasteiger partial charge in [0.25, 0.3) is 0 Å². The Hall–Kier alpha value is -2.21. The minimum absolute atomic E-state index is 0.365. The molecule has 0 bridgehead atoms. The van der Waals surface area contributed by atoms with E-state index in [-0.39, 0.29) is 0 Å². The molecule has 0 saturated carbocycles. The molecule has 0 amide bonds. The largest absolute Gasteiger partial charge is 0.478 e. The van der Waals surface area contributed by atoms with Crippen molar-refractivity contribution in [3.63, 3.8) is 0 Å². The van der Waals surface area contributed by atoms with Crippen molar-refractivity contribution in [3.8, 4) is 0 Å². The van der Waals surface area contributed by atoms with Crippen LogP contribution in [0.25, 0.3) is 0 Å². The molecule has 1 heterocycles. The fraction of sp³-hybridized carbons (Fsp3) is 0.308. The van der Waals surface area contributed by atoms with Gasteiger partial charge in [-0.05, 0) is 24.6 Å². The zero-order valence-corrected chi connectivity index (χ0v) is 10.7. The lowest BCUT2D eigenvalue weighted by atomic mass is 10.0. The number of hydrogen-bond donors (Lipinski definition) is 2. The molecule has 0 radical (unpaired) electrons. The third-order valence-corrected chi connectivity index (χ3v) is 2.78. The van der Waals surface area contributed by atoms with Crippen LogP contribution in [-0.2, 0) is 20.0 Å². The Balaban J connectivity index is 1.84. The first kappa shape index (κ1) is 13.2. The zero-order valence-electron chi connectivity index (χ0n) is 10.7. The Kier molecular flexibility index (Phi) is 4.25. The number of carboxylic acid groups (broad SMARTS) is 1. The van der Waals surface area contributed by atoms with E-state index in [0.29, 0.717) is 25.1 Å². The summed E-state index contributed by atoms with van der Waals surface area (Å²) >= 11 is 0.